The fourth-order valence-corrected chi connectivity index (χ4v) is 6.47. The molecule has 35 heavy (non-hydrogen) atoms. The maximum Gasteiger partial charge on any atom is 0.407 e. The Labute approximate surface area is 205 Å². The van der Waals surface area contributed by atoms with Gasteiger partial charge in [-0.2, -0.15) is 0 Å². The molecule has 3 aliphatic rings. The highest BCUT2D eigenvalue weighted by Gasteiger charge is 2.52. The molecule has 3 N–H and O–H groups in total. The number of ether oxygens (including phenoxy) is 1. The Bertz CT molecular complexity index is 1090. The molecule has 184 valence electrons. The van der Waals surface area contributed by atoms with E-state index in [0.717, 1.165) is 30.4 Å². The van der Waals surface area contributed by atoms with E-state index in [2.05, 4.69) is 34.9 Å². The molecule has 5 unspecified atom stereocenters. The fraction of sp³-hybridized carbons (Fsp3) is 0.464. The SMILES string of the molecule is CCCC(NC(=O)C1C2CCC(C2)C1NC(=O)OCC1c2ccccc2-c2ccccc21)C(=O)O. The molecule has 0 heterocycles. The molecule has 2 amide bonds. The highest BCUT2D eigenvalue weighted by molar-refractivity contribution is 5.86. The van der Waals surface area contributed by atoms with Crippen LogP contribution < -0.4 is 10.6 Å². The van der Waals surface area contributed by atoms with Gasteiger partial charge < -0.3 is 20.5 Å². The molecule has 0 saturated heterocycles. The van der Waals surface area contributed by atoms with Gasteiger partial charge in [0.2, 0.25) is 5.91 Å². The summed E-state index contributed by atoms with van der Waals surface area (Å²) in [6.07, 6.45) is 3.28. The van der Waals surface area contributed by atoms with Crippen LogP contribution in [-0.2, 0) is 14.3 Å². The van der Waals surface area contributed by atoms with Gasteiger partial charge in [-0.3, -0.25) is 4.79 Å². The second-order valence-corrected chi connectivity index (χ2v) is 10.0. The number of hydrogen-bond acceptors (Lipinski definition) is 4. The molecule has 2 saturated carbocycles. The second kappa shape index (κ2) is 9.72. The number of benzene rings is 2. The number of rotatable bonds is 8. The molecule has 0 aliphatic heterocycles. The molecule has 0 spiro atoms. The summed E-state index contributed by atoms with van der Waals surface area (Å²) in [6.45, 7) is 2.11. The van der Waals surface area contributed by atoms with Crippen LogP contribution in [-0.4, -0.2) is 41.8 Å². The number of hydrogen-bond donors (Lipinski definition) is 3. The molecule has 5 atom stereocenters. The number of carboxylic acids is 1. The molecule has 5 rings (SSSR count). The van der Waals surface area contributed by atoms with E-state index in [4.69, 9.17) is 4.74 Å². The van der Waals surface area contributed by atoms with Crippen LogP contribution in [0.1, 0.15) is 56.1 Å². The first-order valence-corrected chi connectivity index (χ1v) is 12.6. The van der Waals surface area contributed by atoms with Gasteiger partial charge in [-0.05, 0) is 59.8 Å². The topological polar surface area (TPSA) is 105 Å². The van der Waals surface area contributed by atoms with Crippen molar-refractivity contribution in [1.82, 2.24) is 10.6 Å². The highest BCUT2D eigenvalue weighted by Crippen LogP contribution is 2.49. The largest absolute Gasteiger partial charge is 0.480 e. The summed E-state index contributed by atoms with van der Waals surface area (Å²) >= 11 is 0. The number of alkyl carbamates (subject to hydrolysis) is 1. The molecular formula is C28H32N2O5. The number of carbonyl (C=O) groups excluding carboxylic acids is 2. The smallest absolute Gasteiger partial charge is 0.407 e. The molecule has 2 aromatic carbocycles. The Kier molecular flexibility index (Phi) is 6.50. The molecule has 7 heteroatoms. The quantitative estimate of drug-likeness (QED) is 0.527. The van der Waals surface area contributed by atoms with Gasteiger partial charge in [-0.15, -0.1) is 0 Å². The van der Waals surface area contributed by atoms with Crippen LogP contribution in [0.2, 0.25) is 0 Å². The number of fused-ring (bicyclic) bond motifs is 5. The van der Waals surface area contributed by atoms with E-state index >= 15 is 0 Å². The normalized spacial score (nSPS) is 24.9. The molecule has 7 nitrogen and oxygen atoms in total. The molecule has 0 radical (unpaired) electrons. The van der Waals surface area contributed by atoms with Crippen molar-refractivity contribution in [3.63, 3.8) is 0 Å². The average molecular weight is 477 g/mol. The standard InChI is InChI=1S/C28H32N2O5/c1-2-7-23(27(32)33)29-26(31)24-16-12-13-17(14-16)25(24)30-28(34)35-15-22-20-10-5-3-8-18(20)19-9-4-6-11-21(19)22/h3-6,8-11,16-17,22-25H,2,7,12-15H2,1H3,(H,29,31)(H,30,34)(H,32,33). The van der Waals surface area contributed by atoms with Crippen molar-refractivity contribution in [3.8, 4) is 11.1 Å². The zero-order chi connectivity index (χ0) is 24.5. The lowest BCUT2D eigenvalue weighted by molar-refractivity contribution is -0.143. The Morgan fingerprint density at radius 2 is 1.63 bits per heavy atom. The van der Waals surface area contributed by atoms with E-state index < -0.39 is 24.0 Å². The van der Waals surface area contributed by atoms with E-state index in [1.165, 1.54) is 11.1 Å². The first-order valence-electron chi connectivity index (χ1n) is 12.6. The van der Waals surface area contributed by atoms with E-state index in [1.54, 1.807) is 0 Å². The molecule has 2 bridgehead atoms. The molecule has 0 aromatic heterocycles. The number of aliphatic carboxylic acids is 1. The van der Waals surface area contributed by atoms with Crippen molar-refractivity contribution < 1.29 is 24.2 Å². The lowest BCUT2D eigenvalue weighted by Gasteiger charge is -2.31. The van der Waals surface area contributed by atoms with Crippen LogP contribution in [0.4, 0.5) is 4.79 Å². The lowest BCUT2D eigenvalue weighted by Crippen LogP contribution is -2.52. The van der Waals surface area contributed by atoms with Crippen molar-refractivity contribution in [1.29, 1.82) is 0 Å². The van der Waals surface area contributed by atoms with Gasteiger partial charge >= 0.3 is 12.1 Å². The Balaban J connectivity index is 1.25. The first kappa shape index (κ1) is 23.4. The van der Waals surface area contributed by atoms with E-state index in [9.17, 15) is 19.5 Å². The third kappa shape index (κ3) is 4.40. The summed E-state index contributed by atoms with van der Waals surface area (Å²) in [5.41, 5.74) is 4.63. The van der Waals surface area contributed by atoms with Crippen LogP contribution in [0.3, 0.4) is 0 Å². The maximum atomic E-state index is 13.1. The zero-order valence-corrected chi connectivity index (χ0v) is 19.9. The zero-order valence-electron chi connectivity index (χ0n) is 19.9. The molecule has 2 aromatic rings. The molecule has 3 aliphatic carbocycles. The third-order valence-corrected chi connectivity index (χ3v) is 8.04. The number of carbonyl (C=O) groups is 3. The monoisotopic (exact) mass is 476 g/mol. The van der Waals surface area contributed by atoms with Gasteiger partial charge in [0.05, 0.1) is 5.92 Å². The minimum atomic E-state index is -1.02. The van der Waals surface area contributed by atoms with E-state index in [-0.39, 0.29) is 36.3 Å². The summed E-state index contributed by atoms with van der Waals surface area (Å²) in [7, 11) is 0. The minimum Gasteiger partial charge on any atom is -0.480 e. The van der Waals surface area contributed by atoms with Crippen molar-refractivity contribution in [2.24, 2.45) is 17.8 Å². The van der Waals surface area contributed by atoms with Crippen LogP contribution in [0.5, 0.6) is 0 Å². The minimum absolute atomic E-state index is 0.0300. The summed E-state index contributed by atoms with van der Waals surface area (Å²) in [5, 5.41) is 15.1. The summed E-state index contributed by atoms with van der Waals surface area (Å²) < 4.78 is 5.72. The second-order valence-electron chi connectivity index (χ2n) is 10.0. The van der Waals surface area contributed by atoms with Gasteiger partial charge in [0.15, 0.2) is 0 Å². The number of nitrogens with one attached hydrogen (secondary N) is 2. The van der Waals surface area contributed by atoms with Crippen molar-refractivity contribution in [2.75, 3.05) is 6.61 Å². The Hall–Kier alpha value is -3.35. The first-order chi connectivity index (χ1) is 17.0. The van der Waals surface area contributed by atoms with Gasteiger partial charge in [-0.1, -0.05) is 61.9 Å². The third-order valence-electron chi connectivity index (χ3n) is 8.04. The summed E-state index contributed by atoms with van der Waals surface area (Å²) in [6, 6.07) is 15.1. The van der Waals surface area contributed by atoms with Crippen LogP contribution in [0.15, 0.2) is 48.5 Å². The summed E-state index contributed by atoms with van der Waals surface area (Å²) in [4.78, 5) is 37.5. The van der Waals surface area contributed by atoms with Gasteiger partial charge in [0.25, 0.3) is 0 Å². The molecule has 2 fully saturated rings. The van der Waals surface area contributed by atoms with Gasteiger partial charge in [0, 0.05) is 12.0 Å². The van der Waals surface area contributed by atoms with Gasteiger partial charge in [0.1, 0.15) is 12.6 Å². The van der Waals surface area contributed by atoms with Crippen LogP contribution in [0, 0.1) is 17.8 Å². The number of carboxylic acid groups (broad SMARTS) is 1. The van der Waals surface area contributed by atoms with Crippen molar-refractivity contribution in [2.45, 2.75) is 57.0 Å². The average Bonchev–Trinajstić information content (AvgIpc) is 3.54. The Morgan fingerprint density at radius 3 is 2.26 bits per heavy atom. The summed E-state index contributed by atoms with van der Waals surface area (Å²) in [5.74, 6) is -1.38. The van der Waals surface area contributed by atoms with E-state index in [0.29, 0.717) is 12.8 Å². The van der Waals surface area contributed by atoms with Crippen molar-refractivity contribution in [3.05, 3.63) is 59.7 Å². The fourth-order valence-electron chi connectivity index (χ4n) is 6.47. The molecular weight excluding hydrogens is 444 g/mol. The number of amides is 2. The highest BCUT2D eigenvalue weighted by atomic mass is 16.5. The van der Waals surface area contributed by atoms with E-state index in [1.807, 2.05) is 31.2 Å². The maximum absolute atomic E-state index is 13.1. The lowest BCUT2D eigenvalue weighted by atomic mass is 9.83. The predicted molar refractivity (Wildman–Crippen MR) is 131 cm³/mol. The van der Waals surface area contributed by atoms with Gasteiger partial charge in [-0.25, -0.2) is 9.59 Å². The van der Waals surface area contributed by atoms with Crippen molar-refractivity contribution >= 4 is 18.0 Å². The Morgan fingerprint density at radius 1 is 1.00 bits per heavy atom. The predicted octanol–water partition coefficient (Wildman–Crippen LogP) is 4.31. The van der Waals surface area contributed by atoms with Crippen LogP contribution in [0.25, 0.3) is 11.1 Å². The van der Waals surface area contributed by atoms with Crippen LogP contribution >= 0.6 is 0 Å².